The maximum Gasteiger partial charge on any atom is 0.231 e. The molecule has 0 spiro atoms. The third-order valence-corrected chi connectivity index (χ3v) is 2.70. The van der Waals surface area contributed by atoms with Crippen molar-refractivity contribution in [1.82, 2.24) is 20.3 Å². The molecule has 0 unspecified atom stereocenters. The van der Waals surface area contributed by atoms with E-state index in [9.17, 15) is 4.79 Å². The lowest BCUT2D eigenvalue weighted by molar-refractivity contribution is -0.122. The molecule has 2 rings (SSSR count). The van der Waals surface area contributed by atoms with Gasteiger partial charge in [-0.25, -0.2) is 0 Å². The Morgan fingerprint density at radius 2 is 2.05 bits per heavy atom. The number of amides is 1. The van der Waals surface area contributed by atoms with Gasteiger partial charge < -0.3 is 21.3 Å². The molecule has 1 heterocycles. The topological polar surface area (TPSA) is 109 Å². The van der Waals surface area contributed by atoms with Gasteiger partial charge >= 0.3 is 0 Å². The molecule has 1 aliphatic rings. The van der Waals surface area contributed by atoms with E-state index < -0.39 is 0 Å². The van der Waals surface area contributed by atoms with Crippen molar-refractivity contribution in [3.8, 4) is 0 Å². The van der Waals surface area contributed by atoms with E-state index in [2.05, 4.69) is 25.6 Å². The SMILES string of the molecule is CN(C)c1nc(N)nc(NCCNC(=O)C2CC2)n1. The van der Waals surface area contributed by atoms with Crippen LogP contribution in [0.5, 0.6) is 0 Å². The number of nitrogen functional groups attached to an aromatic ring is 1. The van der Waals surface area contributed by atoms with Gasteiger partial charge in [0.05, 0.1) is 0 Å². The number of anilines is 3. The van der Waals surface area contributed by atoms with Crippen LogP contribution in [0.25, 0.3) is 0 Å². The van der Waals surface area contributed by atoms with E-state index in [0.29, 0.717) is 25.0 Å². The van der Waals surface area contributed by atoms with E-state index >= 15 is 0 Å². The van der Waals surface area contributed by atoms with Crippen molar-refractivity contribution in [2.24, 2.45) is 5.92 Å². The minimum atomic E-state index is 0.131. The summed E-state index contributed by atoms with van der Waals surface area (Å²) < 4.78 is 0. The molecule has 1 saturated carbocycles. The van der Waals surface area contributed by atoms with Crippen molar-refractivity contribution in [3.63, 3.8) is 0 Å². The number of carbonyl (C=O) groups excluding carboxylic acids is 1. The Bertz CT molecular complexity index is 458. The number of aromatic nitrogens is 3. The Labute approximate surface area is 111 Å². The lowest BCUT2D eigenvalue weighted by Gasteiger charge is -2.12. The lowest BCUT2D eigenvalue weighted by atomic mass is 10.4. The highest BCUT2D eigenvalue weighted by Crippen LogP contribution is 2.28. The standard InChI is InChI=1S/C11H19N7O/c1-18(2)11-16-9(12)15-10(17-11)14-6-5-13-8(19)7-3-4-7/h7H,3-6H2,1-2H3,(H,13,19)(H3,12,14,15,16,17). The summed E-state index contributed by atoms with van der Waals surface area (Å²) in [5.41, 5.74) is 5.60. The van der Waals surface area contributed by atoms with Crippen LogP contribution in [0, 0.1) is 5.92 Å². The number of hydrogen-bond acceptors (Lipinski definition) is 7. The van der Waals surface area contributed by atoms with Crippen LogP contribution in [0.15, 0.2) is 0 Å². The van der Waals surface area contributed by atoms with Gasteiger partial charge in [0.15, 0.2) is 0 Å². The highest BCUT2D eigenvalue weighted by Gasteiger charge is 2.28. The molecule has 0 atom stereocenters. The van der Waals surface area contributed by atoms with Crippen molar-refractivity contribution >= 4 is 23.8 Å². The molecule has 1 amide bonds. The summed E-state index contributed by atoms with van der Waals surface area (Å²) in [5.74, 6) is 1.44. The summed E-state index contributed by atoms with van der Waals surface area (Å²) in [4.78, 5) is 25.3. The van der Waals surface area contributed by atoms with Gasteiger partial charge in [-0.2, -0.15) is 15.0 Å². The third-order valence-electron chi connectivity index (χ3n) is 2.70. The molecule has 0 saturated heterocycles. The smallest absolute Gasteiger partial charge is 0.231 e. The summed E-state index contributed by atoms with van der Waals surface area (Å²) >= 11 is 0. The average Bonchev–Trinajstić information content (AvgIpc) is 3.17. The quantitative estimate of drug-likeness (QED) is 0.592. The van der Waals surface area contributed by atoms with Crippen molar-refractivity contribution in [3.05, 3.63) is 0 Å². The molecular formula is C11H19N7O. The van der Waals surface area contributed by atoms with Crippen LogP contribution < -0.4 is 21.3 Å². The Balaban J connectivity index is 1.80. The maximum atomic E-state index is 11.4. The molecule has 0 aliphatic heterocycles. The summed E-state index contributed by atoms with van der Waals surface area (Å²) in [6.07, 6.45) is 2.02. The zero-order valence-corrected chi connectivity index (χ0v) is 11.2. The van der Waals surface area contributed by atoms with Crippen LogP contribution >= 0.6 is 0 Å². The Morgan fingerprint density at radius 1 is 1.32 bits per heavy atom. The second-order valence-corrected chi connectivity index (χ2v) is 4.70. The summed E-state index contributed by atoms with van der Waals surface area (Å²) in [6.45, 7) is 1.09. The highest BCUT2D eigenvalue weighted by atomic mass is 16.2. The minimum Gasteiger partial charge on any atom is -0.368 e. The predicted molar refractivity (Wildman–Crippen MR) is 72.8 cm³/mol. The van der Waals surface area contributed by atoms with Gasteiger partial charge in [-0.3, -0.25) is 4.79 Å². The molecule has 1 aromatic rings. The fourth-order valence-electron chi connectivity index (χ4n) is 1.51. The fraction of sp³-hybridized carbons (Fsp3) is 0.636. The molecular weight excluding hydrogens is 246 g/mol. The van der Waals surface area contributed by atoms with E-state index in [1.165, 1.54) is 0 Å². The fourth-order valence-corrected chi connectivity index (χ4v) is 1.51. The molecule has 1 aliphatic carbocycles. The lowest BCUT2D eigenvalue weighted by Crippen LogP contribution is -2.30. The van der Waals surface area contributed by atoms with Gasteiger partial charge in [0.25, 0.3) is 0 Å². The van der Waals surface area contributed by atoms with Gasteiger partial charge in [0.1, 0.15) is 0 Å². The molecule has 4 N–H and O–H groups in total. The molecule has 8 nitrogen and oxygen atoms in total. The minimum absolute atomic E-state index is 0.131. The van der Waals surface area contributed by atoms with E-state index in [1.54, 1.807) is 4.90 Å². The van der Waals surface area contributed by atoms with Crippen molar-refractivity contribution in [2.75, 3.05) is 43.1 Å². The van der Waals surface area contributed by atoms with E-state index in [1.807, 2.05) is 14.1 Å². The van der Waals surface area contributed by atoms with Gasteiger partial charge in [0.2, 0.25) is 23.8 Å². The van der Waals surface area contributed by atoms with Gasteiger partial charge in [-0.05, 0) is 12.8 Å². The number of nitrogens with zero attached hydrogens (tertiary/aromatic N) is 4. The highest BCUT2D eigenvalue weighted by molar-refractivity contribution is 5.80. The number of nitrogens with one attached hydrogen (secondary N) is 2. The zero-order chi connectivity index (χ0) is 13.8. The Kier molecular flexibility index (Phi) is 3.98. The maximum absolute atomic E-state index is 11.4. The monoisotopic (exact) mass is 265 g/mol. The molecule has 19 heavy (non-hydrogen) atoms. The molecule has 0 radical (unpaired) electrons. The first-order valence-electron chi connectivity index (χ1n) is 6.26. The number of hydrogen-bond donors (Lipinski definition) is 3. The largest absolute Gasteiger partial charge is 0.368 e. The molecule has 0 aromatic carbocycles. The van der Waals surface area contributed by atoms with Gasteiger partial charge in [-0.1, -0.05) is 0 Å². The van der Waals surface area contributed by atoms with Crippen molar-refractivity contribution in [1.29, 1.82) is 0 Å². The van der Waals surface area contributed by atoms with Crippen molar-refractivity contribution < 1.29 is 4.79 Å². The normalized spacial score (nSPS) is 14.0. The van der Waals surface area contributed by atoms with Crippen molar-refractivity contribution in [2.45, 2.75) is 12.8 Å². The van der Waals surface area contributed by atoms with Crippen LogP contribution in [-0.4, -0.2) is 48.0 Å². The van der Waals surface area contributed by atoms with Crippen LogP contribution in [0.4, 0.5) is 17.8 Å². The third kappa shape index (κ3) is 3.94. The number of rotatable bonds is 6. The molecule has 104 valence electrons. The van der Waals surface area contributed by atoms with Crippen LogP contribution in [0.1, 0.15) is 12.8 Å². The Morgan fingerprint density at radius 3 is 2.68 bits per heavy atom. The van der Waals surface area contributed by atoms with Crippen LogP contribution in [-0.2, 0) is 4.79 Å². The van der Waals surface area contributed by atoms with Gasteiger partial charge in [-0.15, -0.1) is 0 Å². The summed E-state index contributed by atoms with van der Waals surface area (Å²) in [5, 5.41) is 5.86. The second-order valence-electron chi connectivity index (χ2n) is 4.70. The first-order chi connectivity index (χ1) is 9.06. The van der Waals surface area contributed by atoms with E-state index in [4.69, 9.17) is 5.73 Å². The van der Waals surface area contributed by atoms with E-state index in [0.717, 1.165) is 12.8 Å². The second kappa shape index (κ2) is 5.68. The van der Waals surface area contributed by atoms with Crippen LogP contribution in [0.2, 0.25) is 0 Å². The zero-order valence-electron chi connectivity index (χ0n) is 11.2. The molecule has 1 aromatic heterocycles. The average molecular weight is 265 g/mol. The molecule has 8 heteroatoms. The van der Waals surface area contributed by atoms with Gasteiger partial charge in [0, 0.05) is 33.1 Å². The summed E-state index contributed by atoms with van der Waals surface area (Å²) in [7, 11) is 3.66. The Hall–Kier alpha value is -2.12. The first kappa shape index (κ1) is 13.3. The number of carbonyl (C=O) groups is 1. The van der Waals surface area contributed by atoms with E-state index in [-0.39, 0.29) is 17.8 Å². The molecule has 0 bridgehead atoms. The molecule has 1 fully saturated rings. The predicted octanol–water partition coefficient (Wildman–Crippen LogP) is -0.542. The number of nitrogens with two attached hydrogens (primary N) is 1. The summed E-state index contributed by atoms with van der Waals surface area (Å²) in [6, 6.07) is 0. The first-order valence-corrected chi connectivity index (χ1v) is 6.26. The van der Waals surface area contributed by atoms with Crippen LogP contribution in [0.3, 0.4) is 0 Å².